The lowest BCUT2D eigenvalue weighted by Crippen LogP contribution is -2.45. The van der Waals surface area contributed by atoms with Crippen molar-refractivity contribution in [3.8, 4) is 22.8 Å². The molecule has 1 aliphatic heterocycles. The van der Waals surface area contributed by atoms with Crippen LogP contribution < -0.4 is 15.8 Å². The molecular weight excluding hydrogens is 496 g/mol. The Bertz CT molecular complexity index is 1470. The van der Waals surface area contributed by atoms with Crippen LogP contribution in [0.2, 0.25) is 0 Å². The highest BCUT2D eigenvalue weighted by atomic mass is 16.5. The van der Waals surface area contributed by atoms with Crippen molar-refractivity contribution >= 4 is 17.8 Å². The molecule has 3 heterocycles. The van der Waals surface area contributed by atoms with Gasteiger partial charge in [0.1, 0.15) is 41.2 Å². The smallest absolute Gasteiger partial charge is 0.346 e. The molecule has 0 saturated heterocycles. The number of aromatic nitrogens is 5. The third kappa shape index (κ3) is 4.60. The summed E-state index contributed by atoms with van der Waals surface area (Å²) in [5, 5.41) is 12.3. The zero-order chi connectivity index (χ0) is 26.9. The van der Waals surface area contributed by atoms with E-state index in [1.807, 2.05) is 66.3 Å². The van der Waals surface area contributed by atoms with E-state index in [1.54, 1.807) is 4.90 Å². The van der Waals surface area contributed by atoms with E-state index in [1.165, 1.54) is 17.3 Å². The summed E-state index contributed by atoms with van der Waals surface area (Å²) in [4.78, 5) is 31.4. The Morgan fingerprint density at radius 3 is 2.54 bits per heavy atom. The first-order valence-electron chi connectivity index (χ1n) is 13.1. The van der Waals surface area contributed by atoms with Gasteiger partial charge in [-0.25, -0.2) is 14.5 Å². The van der Waals surface area contributed by atoms with E-state index >= 15 is 0 Å². The number of nitrogens with one attached hydrogen (secondary N) is 1. The molecule has 0 radical (unpaired) electrons. The van der Waals surface area contributed by atoms with Gasteiger partial charge in [0.15, 0.2) is 0 Å². The van der Waals surface area contributed by atoms with Crippen LogP contribution in [-0.4, -0.2) is 61.0 Å². The highest BCUT2D eigenvalue weighted by Gasteiger charge is 2.42. The third-order valence-electron chi connectivity index (χ3n) is 7.75. The topological polar surface area (TPSA) is 133 Å². The van der Waals surface area contributed by atoms with Crippen molar-refractivity contribution in [1.82, 2.24) is 29.4 Å². The summed E-state index contributed by atoms with van der Waals surface area (Å²) in [6.45, 7) is 0.684. The molecule has 4 aromatic rings. The zero-order valence-electron chi connectivity index (χ0n) is 21.6. The number of carbonyl (C=O) groups is 2. The number of benzene rings is 2. The van der Waals surface area contributed by atoms with Crippen LogP contribution >= 0.6 is 0 Å². The van der Waals surface area contributed by atoms with Crippen molar-refractivity contribution in [2.75, 3.05) is 18.9 Å². The average Bonchev–Trinajstić information content (AvgIpc) is 3.73. The lowest BCUT2D eigenvalue weighted by atomic mass is 9.90. The number of fused-ring (bicyclic) bond motifs is 1. The molecule has 2 aromatic carbocycles. The molecule has 3 N–H and O–H groups in total. The Balaban J connectivity index is 1.30. The minimum atomic E-state index is -0.537. The maximum absolute atomic E-state index is 13.0. The van der Waals surface area contributed by atoms with Gasteiger partial charge in [-0.1, -0.05) is 24.6 Å². The SMILES string of the molecule is CN(C(=O)n1cncn1)C1CCCC1C1CCNc2c(C(N)=O)c(-c3ccc(Oc4ccccc4)cc3)nn21. The van der Waals surface area contributed by atoms with Crippen LogP contribution in [0.1, 0.15) is 42.1 Å². The number of anilines is 1. The largest absolute Gasteiger partial charge is 0.457 e. The van der Waals surface area contributed by atoms with Gasteiger partial charge in [0.2, 0.25) is 0 Å². The van der Waals surface area contributed by atoms with E-state index in [-0.39, 0.29) is 24.0 Å². The van der Waals surface area contributed by atoms with Crippen molar-refractivity contribution < 1.29 is 14.3 Å². The first-order chi connectivity index (χ1) is 19.0. The number of primary amides is 1. The molecule has 1 saturated carbocycles. The predicted molar refractivity (Wildman–Crippen MR) is 145 cm³/mol. The van der Waals surface area contributed by atoms with Gasteiger partial charge in [-0.2, -0.15) is 14.9 Å². The lowest BCUT2D eigenvalue weighted by molar-refractivity contribution is 0.100. The molecule has 1 fully saturated rings. The van der Waals surface area contributed by atoms with Gasteiger partial charge in [-0.15, -0.1) is 0 Å². The highest BCUT2D eigenvalue weighted by molar-refractivity contribution is 6.03. The van der Waals surface area contributed by atoms with Crippen LogP contribution in [0, 0.1) is 5.92 Å². The van der Waals surface area contributed by atoms with Gasteiger partial charge in [-0.3, -0.25) is 4.79 Å². The molecule has 0 spiro atoms. The number of amides is 2. The number of carbonyl (C=O) groups excluding carboxylic acids is 2. The molecule has 6 rings (SSSR count). The first-order valence-corrected chi connectivity index (χ1v) is 13.1. The molecule has 0 bridgehead atoms. The molecule has 3 atom stereocenters. The molecule has 3 unspecified atom stereocenters. The van der Waals surface area contributed by atoms with Crippen LogP contribution in [0.25, 0.3) is 11.3 Å². The normalized spacial score (nSPS) is 20.2. The molecule has 2 amide bonds. The maximum atomic E-state index is 13.0. The van der Waals surface area contributed by atoms with Gasteiger partial charge in [-0.05, 0) is 55.7 Å². The zero-order valence-corrected chi connectivity index (χ0v) is 21.6. The van der Waals surface area contributed by atoms with Crippen LogP contribution in [-0.2, 0) is 0 Å². The summed E-state index contributed by atoms with van der Waals surface area (Å²) in [6, 6.07) is 16.8. The third-order valence-corrected chi connectivity index (χ3v) is 7.75. The summed E-state index contributed by atoms with van der Waals surface area (Å²) in [6.07, 6.45) is 6.44. The standard InChI is InChI=1S/C28H30N8O3/c1-34(28(38)35-17-30-16-32-35)22-9-5-8-21(22)23-14-15-31-27-24(26(29)37)25(33-36(23)27)18-10-12-20(13-11-18)39-19-6-3-2-4-7-19/h2-4,6-7,10-13,16-17,21-23,31H,5,8-9,14-15H2,1H3,(H2,29,37). The van der Waals surface area contributed by atoms with Crippen molar-refractivity contribution in [2.45, 2.75) is 37.8 Å². The maximum Gasteiger partial charge on any atom is 0.346 e. The molecule has 11 nitrogen and oxygen atoms in total. The minimum absolute atomic E-state index is 0.00674. The van der Waals surface area contributed by atoms with E-state index in [0.29, 0.717) is 29.4 Å². The monoisotopic (exact) mass is 526 g/mol. The fourth-order valence-electron chi connectivity index (χ4n) is 5.95. The minimum Gasteiger partial charge on any atom is -0.457 e. The van der Waals surface area contributed by atoms with Crippen molar-refractivity contribution in [3.05, 3.63) is 72.8 Å². The van der Waals surface area contributed by atoms with Crippen LogP contribution in [0.5, 0.6) is 11.5 Å². The van der Waals surface area contributed by atoms with E-state index < -0.39 is 5.91 Å². The fraction of sp³-hybridized carbons (Fsp3) is 0.321. The van der Waals surface area contributed by atoms with E-state index in [9.17, 15) is 9.59 Å². The molecule has 1 aliphatic carbocycles. The number of para-hydroxylation sites is 1. The number of nitrogens with zero attached hydrogens (tertiary/aromatic N) is 6. The average molecular weight is 527 g/mol. The van der Waals surface area contributed by atoms with Crippen molar-refractivity contribution in [2.24, 2.45) is 11.7 Å². The van der Waals surface area contributed by atoms with E-state index in [2.05, 4.69) is 15.4 Å². The molecule has 2 aromatic heterocycles. The number of hydrogen-bond acceptors (Lipinski definition) is 7. The van der Waals surface area contributed by atoms with Crippen molar-refractivity contribution in [1.29, 1.82) is 0 Å². The van der Waals surface area contributed by atoms with Gasteiger partial charge < -0.3 is 20.7 Å². The summed E-state index contributed by atoms with van der Waals surface area (Å²) in [7, 11) is 1.82. The highest BCUT2D eigenvalue weighted by Crippen LogP contribution is 2.44. The number of rotatable bonds is 6. The quantitative estimate of drug-likeness (QED) is 0.385. The molecular formula is C28H30N8O3. The summed E-state index contributed by atoms with van der Waals surface area (Å²) >= 11 is 0. The van der Waals surface area contributed by atoms with Crippen LogP contribution in [0.3, 0.4) is 0 Å². The Morgan fingerprint density at radius 2 is 1.82 bits per heavy atom. The Kier molecular flexibility index (Phi) is 6.47. The number of hydrogen-bond donors (Lipinski definition) is 2. The van der Waals surface area contributed by atoms with Gasteiger partial charge in [0, 0.05) is 31.1 Å². The lowest BCUT2D eigenvalue weighted by Gasteiger charge is -2.37. The summed E-state index contributed by atoms with van der Waals surface area (Å²) in [5.74, 6) is 1.68. The first kappa shape index (κ1) is 24.7. The Morgan fingerprint density at radius 1 is 1.05 bits per heavy atom. The Hall–Kier alpha value is -4.67. The summed E-state index contributed by atoms with van der Waals surface area (Å²) < 4.78 is 9.10. The second kappa shape index (κ2) is 10.2. The van der Waals surface area contributed by atoms with Crippen LogP contribution in [0.15, 0.2) is 67.3 Å². The van der Waals surface area contributed by atoms with E-state index in [4.69, 9.17) is 15.6 Å². The summed E-state index contributed by atoms with van der Waals surface area (Å²) in [5.41, 5.74) is 7.57. The molecule has 2 aliphatic rings. The van der Waals surface area contributed by atoms with Gasteiger partial charge >= 0.3 is 6.03 Å². The van der Waals surface area contributed by atoms with Crippen molar-refractivity contribution in [3.63, 3.8) is 0 Å². The molecule has 11 heteroatoms. The van der Waals surface area contributed by atoms with Crippen LogP contribution in [0.4, 0.5) is 10.6 Å². The predicted octanol–water partition coefficient (Wildman–Crippen LogP) is 4.16. The Labute approximate surface area is 225 Å². The van der Waals surface area contributed by atoms with E-state index in [0.717, 1.165) is 37.0 Å². The molecule has 200 valence electrons. The number of nitrogens with two attached hydrogens (primary N) is 1. The fourth-order valence-corrected chi connectivity index (χ4v) is 5.95. The van der Waals surface area contributed by atoms with Gasteiger partial charge in [0.25, 0.3) is 5.91 Å². The number of ether oxygens (including phenoxy) is 1. The molecule has 39 heavy (non-hydrogen) atoms. The second-order valence-corrected chi connectivity index (χ2v) is 10.00. The second-order valence-electron chi connectivity index (χ2n) is 10.00. The van der Waals surface area contributed by atoms with Gasteiger partial charge in [0.05, 0.1) is 6.04 Å².